The molecule has 0 aliphatic rings. The predicted octanol–water partition coefficient (Wildman–Crippen LogP) is 1.94. The highest BCUT2D eigenvalue weighted by atomic mass is 16.2. The highest BCUT2D eigenvalue weighted by Crippen LogP contribution is 2.24. The van der Waals surface area contributed by atoms with Crippen molar-refractivity contribution in [2.45, 2.75) is 27.3 Å². The zero-order chi connectivity index (χ0) is 17.3. The first-order chi connectivity index (χ1) is 11.5. The molecule has 0 radical (unpaired) electrons. The molecule has 1 N–H and O–H groups in total. The van der Waals surface area contributed by atoms with Crippen molar-refractivity contribution in [3.63, 3.8) is 0 Å². The Morgan fingerprint density at radius 1 is 1.21 bits per heavy atom. The van der Waals surface area contributed by atoms with E-state index in [1.807, 2.05) is 55.7 Å². The average Bonchev–Trinajstić information content (AvgIpc) is 2.83. The fourth-order valence-corrected chi connectivity index (χ4v) is 2.90. The Kier molecular flexibility index (Phi) is 4.20. The summed E-state index contributed by atoms with van der Waals surface area (Å²) in [5.41, 5.74) is 3.24. The van der Waals surface area contributed by atoms with Crippen LogP contribution in [0.3, 0.4) is 0 Å². The second-order valence-corrected chi connectivity index (χ2v) is 5.71. The van der Waals surface area contributed by atoms with Crippen LogP contribution in [0.15, 0.2) is 41.5 Å². The quantitative estimate of drug-likeness (QED) is 0.797. The van der Waals surface area contributed by atoms with E-state index >= 15 is 0 Å². The molecule has 0 saturated heterocycles. The smallest absolute Gasteiger partial charge is 0.263 e. The molecule has 24 heavy (non-hydrogen) atoms. The van der Waals surface area contributed by atoms with Crippen LogP contribution in [0.5, 0.6) is 0 Å². The van der Waals surface area contributed by atoms with Crippen LogP contribution in [0.1, 0.15) is 18.2 Å². The number of aryl methyl sites for hydroxylation is 1. The van der Waals surface area contributed by atoms with Gasteiger partial charge < -0.3 is 5.32 Å². The third-order valence-corrected chi connectivity index (χ3v) is 4.18. The maximum absolute atomic E-state index is 12.8. The van der Waals surface area contributed by atoms with E-state index in [0.717, 1.165) is 16.9 Å². The molecule has 2 aromatic heterocycles. The second-order valence-electron chi connectivity index (χ2n) is 5.71. The van der Waals surface area contributed by atoms with Crippen molar-refractivity contribution in [1.82, 2.24) is 19.4 Å². The number of rotatable bonds is 4. The summed E-state index contributed by atoms with van der Waals surface area (Å²) >= 11 is 0. The van der Waals surface area contributed by atoms with Crippen molar-refractivity contribution in [2.24, 2.45) is 0 Å². The lowest BCUT2D eigenvalue weighted by molar-refractivity contribution is -0.121. The maximum Gasteiger partial charge on any atom is 0.263 e. The normalized spacial score (nSPS) is 11.0. The van der Waals surface area contributed by atoms with Gasteiger partial charge in [0.25, 0.3) is 5.56 Å². The van der Waals surface area contributed by atoms with Crippen LogP contribution in [0, 0.1) is 13.8 Å². The molecule has 0 atom stereocenters. The largest absolute Gasteiger partial charge is 0.355 e. The molecule has 0 bridgehead atoms. The van der Waals surface area contributed by atoms with Crippen LogP contribution in [-0.2, 0) is 11.3 Å². The molecule has 1 amide bonds. The lowest BCUT2D eigenvalue weighted by Gasteiger charge is -2.08. The van der Waals surface area contributed by atoms with E-state index in [-0.39, 0.29) is 18.0 Å². The van der Waals surface area contributed by atoms with Gasteiger partial charge in [-0.25, -0.2) is 4.98 Å². The Balaban J connectivity index is 2.19. The van der Waals surface area contributed by atoms with Gasteiger partial charge in [-0.3, -0.25) is 18.7 Å². The van der Waals surface area contributed by atoms with E-state index in [0.29, 0.717) is 17.6 Å². The molecule has 124 valence electrons. The Morgan fingerprint density at radius 3 is 2.58 bits per heavy atom. The van der Waals surface area contributed by atoms with E-state index in [2.05, 4.69) is 10.3 Å². The monoisotopic (exact) mass is 324 g/mol. The molecule has 3 rings (SSSR count). The number of carbonyl (C=O) groups excluding carboxylic acids is 1. The van der Waals surface area contributed by atoms with Crippen molar-refractivity contribution in [2.75, 3.05) is 6.54 Å². The van der Waals surface area contributed by atoms with Crippen LogP contribution < -0.4 is 10.9 Å². The number of aromatic nitrogens is 3. The van der Waals surface area contributed by atoms with E-state index in [1.165, 1.54) is 10.9 Å². The SMILES string of the molecule is CCNC(=O)Cn1cnc2c(c(C)c(C)n2-c2ccccc2)c1=O. The van der Waals surface area contributed by atoms with E-state index in [9.17, 15) is 9.59 Å². The molecule has 0 aliphatic heterocycles. The molecule has 0 aliphatic carbocycles. The number of likely N-dealkylation sites (N-methyl/N-ethyl adjacent to an activating group) is 1. The number of hydrogen-bond donors (Lipinski definition) is 1. The zero-order valence-corrected chi connectivity index (χ0v) is 14.0. The fraction of sp³-hybridized carbons (Fsp3) is 0.278. The van der Waals surface area contributed by atoms with Gasteiger partial charge in [0, 0.05) is 17.9 Å². The second kappa shape index (κ2) is 6.31. The van der Waals surface area contributed by atoms with Gasteiger partial charge in [0.15, 0.2) is 5.65 Å². The van der Waals surface area contributed by atoms with Crippen molar-refractivity contribution < 1.29 is 4.79 Å². The minimum Gasteiger partial charge on any atom is -0.355 e. The molecule has 0 saturated carbocycles. The molecule has 0 fully saturated rings. The van der Waals surface area contributed by atoms with Crippen molar-refractivity contribution in [1.29, 1.82) is 0 Å². The van der Waals surface area contributed by atoms with E-state index in [4.69, 9.17) is 0 Å². The topological polar surface area (TPSA) is 68.9 Å². The molecule has 2 heterocycles. The highest BCUT2D eigenvalue weighted by Gasteiger charge is 2.18. The van der Waals surface area contributed by atoms with Crippen molar-refractivity contribution >= 4 is 16.9 Å². The van der Waals surface area contributed by atoms with Gasteiger partial charge >= 0.3 is 0 Å². The molecular formula is C18H20N4O2. The van der Waals surface area contributed by atoms with Gasteiger partial charge in [0.1, 0.15) is 12.9 Å². The minimum absolute atomic E-state index is 0.0232. The zero-order valence-electron chi connectivity index (χ0n) is 14.0. The Bertz CT molecular complexity index is 955. The Morgan fingerprint density at radius 2 is 1.92 bits per heavy atom. The first-order valence-corrected chi connectivity index (χ1v) is 7.93. The average molecular weight is 324 g/mol. The van der Waals surface area contributed by atoms with E-state index < -0.39 is 0 Å². The Hall–Kier alpha value is -2.89. The summed E-state index contributed by atoms with van der Waals surface area (Å²) in [6.07, 6.45) is 1.44. The molecule has 0 spiro atoms. The van der Waals surface area contributed by atoms with Crippen molar-refractivity contribution in [3.8, 4) is 5.69 Å². The van der Waals surface area contributed by atoms with Crippen LogP contribution in [-0.4, -0.2) is 26.6 Å². The lowest BCUT2D eigenvalue weighted by atomic mass is 10.2. The summed E-state index contributed by atoms with van der Waals surface area (Å²) in [7, 11) is 0. The predicted molar refractivity (Wildman–Crippen MR) is 93.5 cm³/mol. The van der Waals surface area contributed by atoms with Crippen LogP contribution in [0.2, 0.25) is 0 Å². The standard InChI is InChI=1S/C18H20N4O2/c1-4-19-15(23)10-21-11-20-17-16(18(21)24)12(2)13(3)22(17)14-8-6-5-7-9-14/h5-9,11H,4,10H2,1-3H3,(H,19,23). The third kappa shape index (κ3) is 2.60. The summed E-state index contributed by atoms with van der Waals surface area (Å²) < 4.78 is 3.33. The van der Waals surface area contributed by atoms with Crippen LogP contribution in [0.4, 0.5) is 0 Å². The number of carbonyl (C=O) groups is 1. The number of amides is 1. The molecule has 6 heteroatoms. The molecular weight excluding hydrogens is 304 g/mol. The summed E-state index contributed by atoms with van der Waals surface area (Å²) in [5, 5.41) is 3.25. The number of fused-ring (bicyclic) bond motifs is 1. The summed E-state index contributed by atoms with van der Waals surface area (Å²) in [6, 6.07) is 9.81. The van der Waals surface area contributed by atoms with Crippen molar-refractivity contribution in [3.05, 3.63) is 58.3 Å². The molecule has 3 aromatic rings. The Labute approximate surface area is 139 Å². The van der Waals surface area contributed by atoms with Gasteiger partial charge in [-0.1, -0.05) is 18.2 Å². The third-order valence-electron chi connectivity index (χ3n) is 4.18. The minimum atomic E-state index is -0.197. The summed E-state index contributed by atoms with van der Waals surface area (Å²) in [4.78, 5) is 29.1. The molecule has 0 unspecified atom stereocenters. The maximum atomic E-state index is 12.8. The van der Waals surface area contributed by atoms with Crippen LogP contribution in [0.25, 0.3) is 16.7 Å². The van der Waals surface area contributed by atoms with Gasteiger partial charge in [-0.05, 0) is 38.5 Å². The first-order valence-electron chi connectivity index (χ1n) is 7.93. The molecule has 1 aromatic carbocycles. The molecule has 6 nitrogen and oxygen atoms in total. The number of hydrogen-bond acceptors (Lipinski definition) is 3. The van der Waals surface area contributed by atoms with E-state index in [1.54, 1.807) is 0 Å². The number of nitrogens with zero attached hydrogens (tertiary/aromatic N) is 3. The van der Waals surface area contributed by atoms with Gasteiger partial charge in [0.05, 0.1) is 5.39 Å². The number of nitrogens with one attached hydrogen (secondary N) is 1. The number of para-hydroxylation sites is 1. The summed E-state index contributed by atoms with van der Waals surface area (Å²) in [6.45, 7) is 6.24. The van der Waals surface area contributed by atoms with Crippen LogP contribution >= 0.6 is 0 Å². The first kappa shape index (κ1) is 16.0. The number of benzene rings is 1. The lowest BCUT2D eigenvalue weighted by Crippen LogP contribution is -2.32. The van der Waals surface area contributed by atoms with Gasteiger partial charge in [-0.2, -0.15) is 0 Å². The fourth-order valence-electron chi connectivity index (χ4n) is 2.90. The summed E-state index contributed by atoms with van der Waals surface area (Å²) in [5.74, 6) is -0.197. The van der Waals surface area contributed by atoms with Gasteiger partial charge in [0.2, 0.25) is 5.91 Å². The highest BCUT2D eigenvalue weighted by molar-refractivity contribution is 5.83. The van der Waals surface area contributed by atoms with Gasteiger partial charge in [-0.15, -0.1) is 0 Å².